The molecule has 1 unspecified atom stereocenters. The normalized spacial score (nSPS) is 24.7. The minimum atomic E-state index is 0.155. The Bertz CT molecular complexity index is 602. The number of thioether (sulfide) groups is 1. The third-order valence-electron chi connectivity index (χ3n) is 6.34. The summed E-state index contributed by atoms with van der Waals surface area (Å²) in [6.45, 7) is 0. The molecule has 1 aliphatic heterocycles. The van der Waals surface area contributed by atoms with Crippen LogP contribution >= 0.6 is 11.8 Å². The van der Waals surface area contributed by atoms with E-state index < -0.39 is 0 Å². The van der Waals surface area contributed by atoms with E-state index in [4.69, 9.17) is 4.74 Å². The van der Waals surface area contributed by atoms with Crippen LogP contribution in [0.25, 0.3) is 0 Å². The fraction of sp³-hybridized carbons (Fsp3) is 0.727. The molecule has 1 atom stereocenters. The molecule has 0 spiro atoms. The fourth-order valence-electron chi connectivity index (χ4n) is 4.90. The SMILES string of the molecule is O=C(c1cccnc1OC1CCSC1)N(C1CCCCC1)C1CCCCC1. The molecule has 27 heavy (non-hydrogen) atoms. The van der Waals surface area contributed by atoms with Gasteiger partial charge in [0.25, 0.3) is 5.91 Å². The Balaban J connectivity index is 1.58. The predicted molar refractivity (Wildman–Crippen MR) is 111 cm³/mol. The molecular formula is C22H32N2O2S. The van der Waals surface area contributed by atoms with E-state index in [1.165, 1.54) is 38.5 Å². The van der Waals surface area contributed by atoms with Crippen LogP contribution in [-0.2, 0) is 0 Å². The number of pyridine rings is 1. The van der Waals surface area contributed by atoms with Gasteiger partial charge in [-0.15, -0.1) is 0 Å². The summed E-state index contributed by atoms with van der Waals surface area (Å²) in [7, 11) is 0. The van der Waals surface area contributed by atoms with Crippen molar-refractivity contribution in [2.75, 3.05) is 11.5 Å². The molecule has 4 nitrogen and oxygen atoms in total. The van der Waals surface area contributed by atoms with Crippen molar-refractivity contribution in [2.24, 2.45) is 0 Å². The number of aromatic nitrogens is 1. The van der Waals surface area contributed by atoms with E-state index in [2.05, 4.69) is 9.88 Å². The van der Waals surface area contributed by atoms with Crippen LogP contribution in [0, 0.1) is 0 Å². The average Bonchev–Trinajstić information content (AvgIpc) is 3.23. The molecule has 0 N–H and O–H groups in total. The Morgan fingerprint density at radius 2 is 1.67 bits per heavy atom. The van der Waals surface area contributed by atoms with Crippen LogP contribution < -0.4 is 4.74 Å². The van der Waals surface area contributed by atoms with Gasteiger partial charge in [0.15, 0.2) is 0 Å². The maximum Gasteiger partial charge on any atom is 0.259 e. The number of amides is 1. The van der Waals surface area contributed by atoms with Gasteiger partial charge < -0.3 is 9.64 Å². The average molecular weight is 389 g/mol. The highest BCUT2D eigenvalue weighted by Gasteiger charge is 2.34. The smallest absolute Gasteiger partial charge is 0.259 e. The quantitative estimate of drug-likeness (QED) is 0.706. The van der Waals surface area contributed by atoms with E-state index in [9.17, 15) is 4.79 Å². The topological polar surface area (TPSA) is 42.4 Å². The van der Waals surface area contributed by atoms with E-state index in [0.717, 1.165) is 43.6 Å². The summed E-state index contributed by atoms with van der Waals surface area (Å²) in [5.41, 5.74) is 0.672. The van der Waals surface area contributed by atoms with Crippen LogP contribution in [0.3, 0.4) is 0 Å². The molecule has 5 heteroatoms. The second kappa shape index (κ2) is 9.31. The third-order valence-corrected chi connectivity index (χ3v) is 7.47. The lowest BCUT2D eigenvalue weighted by molar-refractivity contribution is 0.0442. The van der Waals surface area contributed by atoms with Crippen molar-refractivity contribution in [1.29, 1.82) is 0 Å². The molecule has 4 rings (SSSR count). The Kier molecular flexibility index (Phi) is 6.59. The van der Waals surface area contributed by atoms with Gasteiger partial charge in [0.1, 0.15) is 11.7 Å². The standard InChI is InChI=1S/C22H32N2O2S/c25-22(20-12-7-14-23-21(20)26-19-13-15-27-16-19)24(17-8-3-1-4-9-17)18-10-5-2-6-11-18/h7,12,14,17-19H,1-6,8-11,13,15-16H2. The predicted octanol–water partition coefficient (Wildman–Crippen LogP) is 5.07. The first-order chi connectivity index (χ1) is 13.3. The maximum absolute atomic E-state index is 13.7. The zero-order valence-corrected chi connectivity index (χ0v) is 17.1. The summed E-state index contributed by atoms with van der Waals surface area (Å²) < 4.78 is 6.17. The zero-order valence-electron chi connectivity index (χ0n) is 16.3. The monoisotopic (exact) mass is 388 g/mol. The molecule has 2 saturated carbocycles. The Morgan fingerprint density at radius 3 is 2.26 bits per heavy atom. The minimum Gasteiger partial charge on any atom is -0.473 e. The van der Waals surface area contributed by atoms with Crippen LogP contribution in [0.5, 0.6) is 5.88 Å². The minimum absolute atomic E-state index is 0.155. The molecule has 1 aromatic rings. The van der Waals surface area contributed by atoms with Crippen LogP contribution in [0.1, 0.15) is 81.0 Å². The first-order valence-electron chi connectivity index (χ1n) is 10.8. The number of carbonyl (C=O) groups excluding carboxylic acids is 1. The first-order valence-corrected chi connectivity index (χ1v) is 12.0. The van der Waals surface area contributed by atoms with Crippen molar-refractivity contribution < 1.29 is 9.53 Å². The number of hydrogen-bond acceptors (Lipinski definition) is 4. The highest BCUT2D eigenvalue weighted by atomic mass is 32.2. The lowest BCUT2D eigenvalue weighted by Crippen LogP contribution is -2.49. The Labute approximate surface area is 167 Å². The molecule has 148 valence electrons. The van der Waals surface area contributed by atoms with E-state index in [1.807, 2.05) is 23.9 Å². The first kappa shape index (κ1) is 19.1. The molecule has 2 aliphatic carbocycles. The Hall–Kier alpha value is -1.23. The summed E-state index contributed by atoms with van der Waals surface area (Å²) in [4.78, 5) is 20.5. The van der Waals surface area contributed by atoms with Crippen LogP contribution in [0.15, 0.2) is 18.3 Å². The van der Waals surface area contributed by atoms with Gasteiger partial charge in [0.2, 0.25) is 5.88 Å². The molecule has 0 radical (unpaired) electrons. The number of carbonyl (C=O) groups is 1. The molecule has 1 amide bonds. The summed E-state index contributed by atoms with van der Waals surface area (Å²) in [6.07, 6.45) is 15.2. The number of hydrogen-bond donors (Lipinski definition) is 0. The van der Waals surface area contributed by atoms with E-state index in [0.29, 0.717) is 23.5 Å². The van der Waals surface area contributed by atoms with Gasteiger partial charge >= 0.3 is 0 Å². The number of nitrogens with zero attached hydrogens (tertiary/aromatic N) is 2. The van der Waals surface area contributed by atoms with Gasteiger partial charge in [-0.25, -0.2) is 4.98 Å². The van der Waals surface area contributed by atoms with Crippen molar-refractivity contribution in [3.8, 4) is 5.88 Å². The van der Waals surface area contributed by atoms with Gasteiger partial charge in [-0.3, -0.25) is 4.79 Å². The van der Waals surface area contributed by atoms with Gasteiger partial charge in [-0.1, -0.05) is 38.5 Å². The largest absolute Gasteiger partial charge is 0.473 e. The zero-order chi connectivity index (χ0) is 18.5. The highest BCUT2D eigenvalue weighted by Crippen LogP contribution is 2.33. The second-order valence-electron chi connectivity index (χ2n) is 8.26. The summed E-state index contributed by atoms with van der Waals surface area (Å²) in [5, 5.41) is 0. The van der Waals surface area contributed by atoms with Gasteiger partial charge in [-0.2, -0.15) is 11.8 Å². The van der Waals surface area contributed by atoms with Crippen molar-refractivity contribution >= 4 is 17.7 Å². The van der Waals surface area contributed by atoms with E-state index >= 15 is 0 Å². The number of rotatable bonds is 5. The molecule has 1 aromatic heterocycles. The third kappa shape index (κ3) is 4.61. The van der Waals surface area contributed by atoms with Crippen LogP contribution in [0.4, 0.5) is 0 Å². The van der Waals surface area contributed by atoms with Crippen LogP contribution in [-0.4, -0.2) is 45.5 Å². The molecule has 0 aromatic carbocycles. The second-order valence-corrected chi connectivity index (χ2v) is 9.41. The van der Waals surface area contributed by atoms with Crippen molar-refractivity contribution in [1.82, 2.24) is 9.88 Å². The summed E-state index contributed by atoms with van der Waals surface area (Å²) in [6, 6.07) is 4.59. The van der Waals surface area contributed by atoms with Crippen molar-refractivity contribution in [3.05, 3.63) is 23.9 Å². The van der Waals surface area contributed by atoms with Gasteiger partial charge in [0.05, 0.1) is 0 Å². The molecular weight excluding hydrogens is 356 g/mol. The highest BCUT2D eigenvalue weighted by molar-refractivity contribution is 7.99. The summed E-state index contributed by atoms with van der Waals surface area (Å²) >= 11 is 1.92. The molecule has 3 fully saturated rings. The van der Waals surface area contributed by atoms with Crippen LogP contribution in [0.2, 0.25) is 0 Å². The number of ether oxygens (including phenoxy) is 1. The lowest BCUT2D eigenvalue weighted by atomic mass is 9.88. The lowest BCUT2D eigenvalue weighted by Gasteiger charge is -2.42. The summed E-state index contributed by atoms with van der Waals surface area (Å²) in [5.74, 6) is 2.84. The molecule has 0 bridgehead atoms. The molecule has 1 saturated heterocycles. The Morgan fingerprint density at radius 1 is 1.00 bits per heavy atom. The maximum atomic E-state index is 13.7. The van der Waals surface area contributed by atoms with Crippen molar-refractivity contribution in [3.63, 3.8) is 0 Å². The van der Waals surface area contributed by atoms with Gasteiger partial charge in [-0.05, 0) is 50.0 Å². The molecule has 3 aliphatic rings. The van der Waals surface area contributed by atoms with Crippen molar-refractivity contribution in [2.45, 2.75) is 88.8 Å². The van der Waals surface area contributed by atoms with Gasteiger partial charge in [0, 0.05) is 24.0 Å². The fourth-order valence-corrected chi connectivity index (χ4v) is 5.99. The molecule has 2 heterocycles. The van der Waals surface area contributed by atoms with E-state index in [-0.39, 0.29) is 12.0 Å². The van der Waals surface area contributed by atoms with E-state index in [1.54, 1.807) is 6.20 Å².